The highest BCUT2D eigenvalue weighted by molar-refractivity contribution is 5.99. The minimum atomic E-state index is -0.675. The van der Waals surface area contributed by atoms with Gasteiger partial charge >= 0.3 is 5.97 Å². The van der Waals surface area contributed by atoms with Crippen molar-refractivity contribution in [1.29, 1.82) is 0 Å². The molecular weight excluding hydrogens is 346 g/mol. The van der Waals surface area contributed by atoms with Gasteiger partial charge in [0, 0.05) is 11.1 Å². The van der Waals surface area contributed by atoms with Crippen molar-refractivity contribution in [1.82, 2.24) is 5.32 Å². The number of nitrogens with one attached hydrogen (secondary N) is 1. The van der Waals surface area contributed by atoms with Crippen LogP contribution in [0.4, 0.5) is 0 Å². The van der Waals surface area contributed by atoms with E-state index in [4.69, 9.17) is 9.47 Å². The summed E-state index contributed by atoms with van der Waals surface area (Å²) in [5, 5.41) is 2.46. The van der Waals surface area contributed by atoms with Crippen LogP contribution in [0.1, 0.15) is 38.8 Å². The van der Waals surface area contributed by atoms with Crippen LogP contribution in [-0.2, 0) is 9.53 Å². The predicted molar refractivity (Wildman–Crippen MR) is 101 cm³/mol. The molecule has 6 nitrogen and oxygen atoms in total. The van der Waals surface area contributed by atoms with E-state index in [0.717, 1.165) is 11.1 Å². The summed E-state index contributed by atoms with van der Waals surface area (Å²) in [5.74, 6) is -0.704. The maximum Gasteiger partial charge on any atom is 0.325 e. The number of hydrogen-bond acceptors (Lipinski definition) is 5. The number of Topliss-reactive ketones (excluding diaryl/α,β-unsaturated/α-hetero) is 1. The van der Waals surface area contributed by atoms with Crippen molar-refractivity contribution in [3.05, 3.63) is 64.7 Å². The van der Waals surface area contributed by atoms with Gasteiger partial charge in [0.15, 0.2) is 12.4 Å². The normalized spacial score (nSPS) is 10.2. The van der Waals surface area contributed by atoms with Crippen LogP contribution in [0.2, 0.25) is 0 Å². The third-order valence-electron chi connectivity index (χ3n) is 4.01. The smallest absolute Gasteiger partial charge is 0.325 e. The number of ether oxygens (including phenoxy) is 2. The number of carbonyl (C=O) groups is 3. The van der Waals surface area contributed by atoms with Gasteiger partial charge in [-0.2, -0.15) is 0 Å². The lowest BCUT2D eigenvalue weighted by Crippen LogP contribution is -2.31. The van der Waals surface area contributed by atoms with Gasteiger partial charge < -0.3 is 14.8 Å². The third kappa shape index (κ3) is 5.95. The molecule has 1 N–H and O–H groups in total. The first-order chi connectivity index (χ1) is 12.9. The Labute approximate surface area is 158 Å². The number of aryl methyl sites for hydroxylation is 2. The van der Waals surface area contributed by atoms with Crippen molar-refractivity contribution in [3.63, 3.8) is 0 Å². The molecule has 0 spiro atoms. The molecule has 2 aromatic carbocycles. The van der Waals surface area contributed by atoms with Gasteiger partial charge in [-0.15, -0.1) is 0 Å². The van der Waals surface area contributed by atoms with Crippen molar-refractivity contribution in [2.24, 2.45) is 0 Å². The summed E-state index contributed by atoms with van der Waals surface area (Å²) < 4.78 is 10.2. The van der Waals surface area contributed by atoms with Crippen LogP contribution in [0.3, 0.4) is 0 Å². The molecule has 0 aliphatic carbocycles. The topological polar surface area (TPSA) is 81.7 Å². The van der Waals surface area contributed by atoms with Gasteiger partial charge in [0.05, 0.1) is 6.61 Å². The van der Waals surface area contributed by atoms with Crippen molar-refractivity contribution >= 4 is 17.7 Å². The Bertz CT molecular complexity index is 827. The van der Waals surface area contributed by atoms with Gasteiger partial charge in [-0.3, -0.25) is 14.4 Å². The summed E-state index contributed by atoms with van der Waals surface area (Å²) >= 11 is 0. The summed E-state index contributed by atoms with van der Waals surface area (Å²) in [6.07, 6.45) is 0. The highest BCUT2D eigenvalue weighted by Gasteiger charge is 2.12. The average molecular weight is 369 g/mol. The van der Waals surface area contributed by atoms with Crippen LogP contribution < -0.4 is 10.1 Å². The van der Waals surface area contributed by atoms with Crippen molar-refractivity contribution in [3.8, 4) is 5.75 Å². The third-order valence-corrected chi connectivity index (χ3v) is 4.01. The molecule has 0 aliphatic heterocycles. The second-order valence-electron chi connectivity index (χ2n) is 6.02. The number of carbonyl (C=O) groups excluding carboxylic acids is 3. The first-order valence-electron chi connectivity index (χ1n) is 8.68. The molecule has 0 atom stereocenters. The molecule has 2 rings (SSSR count). The molecule has 0 saturated carbocycles. The van der Waals surface area contributed by atoms with Gasteiger partial charge in [0.1, 0.15) is 12.3 Å². The lowest BCUT2D eigenvalue weighted by Gasteiger charge is -2.08. The number of ketones is 1. The minimum absolute atomic E-state index is 0.288. The number of rotatable bonds is 8. The number of amides is 1. The first kappa shape index (κ1) is 20.2. The van der Waals surface area contributed by atoms with Gasteiger partial charge in [-0.05, 0) is 62.2 Å². The zero-order valence-electron chi connectivity index (χ0n) is 15.7. The SMILES string of the molecule is CCOc1ccc(C(=O)NCC(=O)OCC(=O)c2ccc(C)c(C)c2)cc1. The Morgan fingerprint density at radius 3 is 2.22 bits per heavy atom. The van der Waals surface area contributed by atoms with Crippen molar-refractivity contribution in [2.75, 3.05) is 19.8 Å². The Morgan fingerprint density at radius 1 is 0.926 bits per heavy atom. The lowest BCUT2D eigenvalue weighted by atomic mass is 10.0. The Kier molecular flexibility index (Phi) is 7.11. The summed E-state index contributed by atoms with van der Waals surface area (Å²) in [6, 6.07) is 11.9. The fourth-order valence-electron chi connectivity index (χ4n) is 2.32. The molecule has 0 aromatic heterocycles. The maximum absolute atomic E-state index is 12.1. The van der Waals surface area contributed by atoms with Crippen LogP contribution in [0, 0.1) is 13.8 Å². The van der Waals surface area contributed by atoms with E-state index in [1.165, 1.54) is 0 Å². The molecule has 27 heavy (non-hydrogen) atoms. The lowest BCUT2D eigenvalue weighted by molar-refractivity contribution is -0.141. The fraction of sp³-hybridized carbons (Fsp3) is 0.286. The van der Waals surface area contributed by atoms with E-state index in [-0.39, 0.29) is 18.9 Å². The van der Waals surface area contributed by atoms with Gasteiger partial charge in [-0.1, -0.05) is 12.1 Å². The minimum Gasteiger partial charge on any atom is -0.494 e. The van der Waals surface area contributed by atoms with Gasteiger partial charge in [-0.25, -0.2) is 0 Å². The zero-order chi connectivity index (χ0) is 19.8. The van der Waals surface area contributed by atoms with Crippen LogP contribution in [0.5, 0.6) is 5.75 Å². The van der Waals surface area contributed by atoms with E-state index in [2.05, 4.69) is 5.32 Å². The fourth-order valence-corrected chi connectivity index (χ4v) is 2.32. The zero-order valence-corrected chi connectivity index (χ0v) is 15.7. The van der Waals surface area contributed by atoms with E-state index in [1.54, 1.807) is 36.4 Å². The molecule has 0 bridgehead atoms. The van der Waals surface area contributed by atoms with E-state index in [1.807, 2.05) is 26.8 Å². The van der Waals surface area contributed by atoms with Crippen LogP contribution in [-0.4, -0.2) is 37.4 Å². The Hall–Kier alpha value is -3.15. The second-order valence-corrected chi connectivity index (χ2v) is 6.02. The number of esters is 1. The van der Waals surface area contributed by atoms with Crippen molar-refractivity contribution in [2.45, 2.75) is 20.8 Å². The van der Waals surface area contributed by atoms with Crippen LogP contribution in [0.25, 0.3) is 0 Å². The Morgan fingerprint density at radius 2 is 1.59 bits per heavy atom. The second kappa shape index (κ2) is 9.52. The molecule has 2 aromatic rings. The number of hydrogen-bond donors (Lipinski definition) is 1. The van der Waals surface area contributed by atoms with E-state index < -0.39 is 11.9 Å². The standard InChI is InChI=1S/C21H23NO5/c1-4-26-18-9-7-16(8-10-18)21(25)22-12-20(24)27-13-19(23)17-6-5-14(2)15(3)11-17/h5-11H,4,12-13H2,1-3H3,(H,22,25). The molecule has 0 aliphatic rings. The molecular formula is C21H23NO5. The average Bonchev–Trinajstić information content (AvgIpc) is 2.67. The largest absolute Gasteiger partial charge is 0.494 e. The van der Waals surface area contributed by atoms with Crippen LogP contribution >= 0.6 is 0 Å². The molecule has 0 fully saturated rings. The van der Waals surface area contributed by atoms with E-state index in [9.17, 15) is 14.4 Å². The quantitative estimate of drug-likeness (QED) is 0.572. The molecule has 0 radical (unpaired) electrons. The highest BCUT2D eigenvalue weighted by atomic mass is 16.5. The molecule has 142 valence electrons. The van der Waals surface area contributed by atoms with E-state index in [0.29, 0.717) is 23.5 Å². The molecule has 0 saturated heterocycles. The molecule has 0 heterocycles. The monoisotopic (exact) mass is 369 g/mol. The molecule has 1 amide bonds. The molecule has 0 unspecified atom stereocenters. The summed E-state index contributed by atoms with van der Waals surface area (Å²) in [4.78, 5) is 35.9. The van der Waals surface area contributed by atoms with Crippen LogP contribution in [0.15, 0.2) is 42.5 Å². The van der Waals surface area contributed by atoms with Gasteiger partial charge in [0.25, 0.3) is 5.91 Å². The maximum atomic E-state index is 12.1. The van der Waals surface area contributed by atoms with Crippen molar-refractivity contribution < 1.29 is 23.9 Å². The summed E-state index contributed by atoms with van der Waals surface area (Å²) in [5.41, 5.74) is 2.97. The highest BCUT2D eigenvalue weighted by Crippen LogP contribution is 2.12. The molecule has 6 heteroatoms. The summed E-state index contributed by atoms with van der Waals surface area (Å²) in [7, 11) is 0. The Balaban J connectivity index is 1.79. The van der Waals surface area contributed by atoms with E-state index >= 15 is 0 Å². The summed E-state index contributed by atoms with van der Waals surface area (Å²) in [6.45, 7) is 5.60. The van der Waals surface area contributed by atoms with Gasteiger partial charge in [0.2, 0.25) is 0 Å². The first-order valence-corrected chi connectivity index (χ1v) is 8.68. The predicted octanol–water partition coefficient (Wildman–Crippen LogP) is 2.86. The number of benzene rings is 2.